The summed E-state index contributed by atoms with van der Waals surface area (Å²) < 4.78 is 2.62. The van der Waals surface area contributed by atoms with Gasteiger partial charge in [0, 0.05) is 11.9 Å². The molecule has 4 aromatic rings. The summed E-state index contributed by atoms with van der Waals surface area (Å²) in [7, 11) is 1.73. The van der Waals surface area contributed by atoms with Crippen LogP contribution in [0.25, 0.3) is 16.6 Å². The number of fused-ring (bicyclic) bond motifs is 3. The van der Waals surface area contributed by atoms with E-state index in [1.165, 1.54) is 6.20 Å². The fourth-order valence-corrected chi connectivity index (χ4v) is 4.32. The molecule has 3 aromatic heterocycles. The van der Waals surface area contributed by atoms with E-state index in [2.05, 4.69) is 26.0 Å². The van der Waals surface area contributed by atoms with Crippen LogP contribution in [0.3, 0.4) is 0 Å². The maximum atomic E-state index is 12.8. The highest BCUT2D eigenvalue weighted by Gasteiger charge is 2.19. The molecule has 8 heteroatoms. The molecule has 1 N–H and O–H groups in total. The molecule has 3 heterocycles. The van der Waals surface area contributed by atoms with E-state index in [1.807, 2.05) is 24.3 Å². The van der Waals surface area contributed by atoms with Crippen molar-refractivity contribution in [3.8, 4) is 0 Å². The van der Waals surface area contributed by atoms with Crippen LogP contribution in [-0.2, 0) is 6.54 Å². The number of nitrogens with zero attached hydrogens (tertiary/aromatic N) is 3. The Morgan fingerprint density at radius 3 is 2.88 bits per heavy atom. The Hall–Kier alpha value is -2.45. The molecule has 126 valence electrons. The molecular formula is C17H13BrN4O2S. The number of carbonyl (C=O) groups is 1. The summed E-state index contributed by atoms with van der Waals surface area (Å²) in [6, 6.07) is 11.1. The van der Waals surface area contributed by atoms with Crippen molar-refractivity contribution >= 4 is 49.7 Å². The van der Waals surface area contributed by atoms with Crippen LogP contribution in [0.15, 0.2) is 51.2 Å². The standard InChI is InChI=1S/C17H13BrN4O2S/c1-21(9-10-6-7-14(18)25-10)17(24)12-8-19-22-13-5-3-2-4-11(13)16(23)20-15(12)22/h2-8H,9H2,1H3,(H,20,23). The number of hydrogen-bond donors (Lipinski definition) is 1. The molecule has 0 fully saturated rings. The smallest absolute Gasteiger partial charge is 0.259 e. The highest BCUT2D eigenvalue weighted by molar-refractivity contribution is 9.11. The molecule has 0 aliphatic carbocycles. The van der Waals surface area contributed by atoms with Gasteiger partial charge in [-0.05, 0) is 40.2 Å². The minimum absolute atomic E-state index is 0.189. The van der Waals surface area contributed by atoms with Gasteiger partial charge >= 0.3 is 0 Å². The number of halogens is 1. The Balaban J connectivity index is 1.76. The van der Waals surface area contributed by atoms with Crippen molar-refractivity contribution in [1.29, 1.82) is 0 Å². The van der Waals surface area contributed by atoms with Gasteiger partial charge in [-0.2, -0.15) is 5.10 Å². The van der Waals surface area contributed by atoms with E-state index in [0.29, 0.717) is 28.7 Å². The van der Waals surface area contributed by atoms with Gasteiger partial charge < -0.3 is 9.88 Å². The Bertz CT molecular complexity index is 1160. The Morgan fingerprint density at radius 1 is 1.32 bits per heavy atom. The van der Waals surface area contributed by atoms with Crippen molar-refractivity contribution in [2.75, 3.05) is 7.05 Å². The van der Waals surface area contributed by atoms with Crippen molar-refractivity contribution in [3.63, 3.8) is 0 Å². The van der Waals surface area contributed by atoms with E-state index in [1.54, 1.807) is 39.9 Å². The molecule has 0 saturated carbocycles. The second kappa shape index (κ2) is 6.12. The lowest BCUT2D eigenvalue weighted by atomic mass is 10.2. The molecule has 0 atom stereocenters. The summed E-state index contributed by atoms with van der Waals surface area (Å²) in [6.07, 6.45) is 1.50. The molecule has 0 aliphatic rings. The third kappa shape index (κ3) is 2.77. The SMILES string of the molecule is CN(Cc1ccc(Br)s1)C(=O)c1cnn2c1[nH]c(=O)c1ccccc12. The number of benzene rings is 1. The van der Waals surface area contributed by atoms with Gasteiger partial charge in [0.15, 0.2) is 0 Å². The van der Waals surface area contributed by atoms with E-state index >= 15 is 0 Å². The number of thiophene rings is 1. The maximum Gasteiger partial charge on any atom is 0.259 e. The van der Waals surface area contributed by atoms with Crippen molar-refractivity contribution in [2.24, 2.45) is 0 Å². The first-order valence-electron chi connectivity index (χ1n) is 7.53. The molecule has 25 heavy (non-hydrogen) atoms. The minimum atomic E-state index is -0.234. The van der Waals surface area contributed by atoms with Crippen LogP contribution in [0.4, 0.5) is 0 Å². The predicted octanol–water partition coefficient (Wildman–Crippen LogP) is 3.27. The Kier molecular flexibility index (Phi) is 3.93. The molecule has 0 spiro atoms. The average Bonchev–Trinajstić information content (AvgIpc) is 3.20. The fraction of sp³-hybridized carbons (Fsp3) is 0.118. The first-order valence-corrected chi connectivity index (χ1v) is 9.14. The molecule has 1 aromatic carbocycles. The number of aromatic nitrogens is 3. The van der Waals surface area contributed by atoms with E-state index in [-0.39, 0.29) is 11.5 Å². The van der Waals surface area contributed by atoms with Gasteiger partial charge in [-0.1, -0.05) is 12.1 Å². The van der Waals surface area contributed by atoms with Gasteiger partial charge in [-0.25, -0.2) is 4.52 Å². The summed E-state index contributed by atoms with van der Waals surface area (Å²) in [6.45, 7) is 0.490. The zero-order chi connectivity index (χ0) is 17.6. The van der Waals surface area contributed by atoms with Crippen LogP contribution in [0.1, 0.15) is 15.2 Å². The number of rotatable bonds is 3. The summed E-state index contributed by atoms with van der Waals surface area (Å²) in [5, 5.41) is 4.83. The van der Waals surface area contributed by atoms with E-state index in [9.17, 15) is 9.59 Å². The monoisotopic (exact) mass is 416 g/mol. The van der Waals surface area contributed by atoms with Gasteiger partial charge in [0.1, 0.15) is 11.2 Å². The van der Waals surface area contributed by atoms with Gasteiger partial charge in [0.05, 0.1) is 27.4 Å². The fourth-order valence-electron chi connectivity index (χ4n) is 2.78. The van der Waals surface area contributed by atoms with Gasteiger partial charge in [-0.3, -0.25) is 9.59 Å². The van der Waals surface area contributed by atoms with Crippen LogP contribution < -0.4 is 5.56 Å². The molecule has 0 radical (unpaired) electrons. The van der Waals surface area contributed by atoms with Gasteiger partial charge in [0.25, 0.3) is 11.5 Å². The molecule has 0 unspecified atom stereocenters. The molecule has 4 rings (SSSR count). The van der Waals surface area contributed by atoms with Crippen LogP contribution in [0.2, 0.25) is 0 Å². The second-order valence-electron chi connectivity index (χ2n) is 5.66. The lowest BCUT2D eigenvalue weighted by molar-refractivity contribution is 0.0788. The van der Waals surface area contributed by atoms with Crippen molar-refractivity contribution in [2.45, 2.75) is 6.54 Å². The third-order valence-electron chi connectivity index (χ3n) is 3.98. The number of carbonyl (C=O) groups excluding carboxylic acids is 1. The topological polar surface area (TPSA) is 70.5 Å². The molecule has 6 nitrogen and oxygen atoms in total. The summed E-state index contributed by atoms with van der Waals surface area (Å²) >= 11 is 5.01. The Morgan fingerprint density at radius 2 is 2.12 bits per heavy atom. The predicted molar refractivity (Wildman–Crippen MR) is 101 cm³/mol. The maximum absolute atomic E-state index is 12.8. The number of nitrogens with one attached hydrogen (secondary N) is 1. The molecule has 0 aliphatic heterocycles. The Labute approximate surface area is 154 Å². The number of aromatic amines is 1. The lowest BCUT2D eigenvalue weighted by Crippen LogP contribution is -2.26. The molecule has 0 saturated heterocycles. The molecular weight excluding hydrogens is 404 g/mol. The van der Waals surface area contributed by atoms with Gasteiger partial charge in [0.2, 0.25) is 0 Å². The molecule has 0 bridgehead atoms. The number of amides is 1. The van der Waals surface area contributed by atoms with Crippen molar-refractivity contribution in [3.05, 3.63) is 67.2 Å². The largest absolute Gasteiger partial charge is 0.336 e. The van der Waals surface area contributed by atoms with Crippen LogP contribution in [-0.4, -0.2) is 32.5 Å². The average molecular weight is 417 g/mol. The highest BCUT2D eigenvalue weighted by atomic mass is 79.9. The van der Waals surface area contributed by atoms with Crippen LogP contribution in [0.5, 0.6) is 0 Å². The van der Waals surface area contributed by atoms with Crippen LogP contribution in [0, 0.1) is 0 Å². The van der Waals surface area contributed by atoms with E-state index in [0.717, 1.165) is 8.66 Å². The third-order valence-corrected chi connectivity index (χ3v) is 5.59. The lowest BCUT2D eigenvalue weighted by Gasteiger charge is -2.15. The minimum Gasteiger partial charge on any atom is -0.336 e. The number of H-pyrrole nitrogens is 1. The highest BCUT2D eigenvalue weighted by Crippen LogP contribution is 2.24. The zero-order valence-corrected chi connectivity index (χ0v) is 15.6. The van der Waals surface area contributed by atoms with Gasteiger partial charge in [-0.15, -0.1) is 11.3 Å². The summed E-state index contributed by atoms with van der Waals surface area (Å²) in [4.78, 5) is 30.6. The normalized spacial score (nSPS) is 11.3. The zero-order valence-electron chi connectivity index (χ0n) is 13.2. The van der Waals surface area contributed by atoms with E-state index in [4.69, 9.17) is 0 Å². The van der Waals surface area contributed by atoms with Crippen LogP contribution >= 0.6 is 27.3 Å². The summed E-state index contributed by atoms with van der Waals surface area (Å²) in [5.74, 6) is -0.189. The summed E-state index contributed by atoms with van der Waals surface area (Å²) in [5.41, 5.74) is 1.22. The van der Waals surface area contributed by atoms with E-state index < -0.39 is 0 Å². The molecule has 1 amide bonds. The first-order chi connectivity index (χ1) is 12.0. The second-order valence-corrected chi connectivity index (χ2v) is 8.20. The number of hydrogen-bond acceptors (Lipinski definition) is 4. The quantitative estimate of drug-likeness (QED) is 0.556. The van der Waals surface area contributed by atoms with Crippen molar-refractivity contribution < 1.29 is 4.79 Å². The number of para-hydroxylation sites is 1. The first kappa shape index (κ1) is 16.0. The van der Waals surface area contributed by atoms with Crippen molar-refractivity contribution in [1.82, 2.24) is 19.5 Å².